The number of carbonyl (C=O) groups excluding carboxylic acids is 1. The molecule has 0 saturated carbocycles. The van der Waals surface area contributed by atoms with Crippen LogP contribution in [-0.2, 0) is 16.1 Å². The van der Waals surface area contributed by atoms with Crippen molar-refractivity contribution >= 4 is 5.91 Å². The fraction of sp³-hybridized carbons (Fsp3) is 0.350. The lowest BCUT2D eigenvalue weighted by Crippen LogP contribution is -2.39. The van der Waals surface area contributed by atoms with E-state index in [2.05, 4.69) is 0 Å². The second-order valence-corrected chi connectivity index (χ2v) is 6.00. The van der Waals surface area contributed by atoms with Crippen LogP contribution in [0.3, 0.4) is 0 Å². The van der Waals surface area contributed by atoms with Gasteiger partial charge in [0.05, 0.1) is 19.8 Å². The van der Waals surface area contributed by atoms with Crippen LogP contribution in [0.2, 0.25) is 0 Å². The molecule has 1 aliphatic rings. The Kier molecular flexibility index (Phi) is 5.56. The Balaban J connectivity index is 1.95. The zero-order valence-corrected chi connectivity index (χ0v) is 14.6. The van der Waals surface area contributed by atoms with Gasteiger partial charge in [0, 0.05) is 25.6 Å². The molecule has 0 N–H and O–H groups in total. The van der Waals surface area contributed by atoms with Crippen molar-refractivity contribution in [3.05, 3.63) is 59.7 Å². The van der Waals surface area contributed by atoms with Gasteiger partial charge in [-0.3, -0.25) is 4.79 Å². The molecule has 3 rings (SSSR count). The number of nitrogens with zero attached hydrogens (tertiary/aromatic N) is 1. The molecule has 1 amide bonds. The predicted octanol–water partition coefficient (Wildman–Crippen LogP) is 3.19. The predicted molar refractivity (Wildman–Crippen MR) is 94.7 cm³/mol. The second kappa shape index (κ2) is 8.03. The Morgan fingerprint density at radius 2 is 2.00 bits per heavy atom. The van der Waals surface area contributed by atoms with E-state index in [1.165, 1.54) is 0 Å². The molecule has 2 aromatic carbocycles. The van der Waals surface area contributed by atoms with Gasteiger partial charge in [-0.05, 0) is 23.8 Å². The summed E-state index contributed by atoms with van der Waals surface area (Å²) in [6.07, 6.45) is 0.739. The summed E-state index contributed by atoms with van der Waals surface area (Å²) >= 11 is 0. The van der Waals surface area contributed by atoms with Crippen LogP contribution in [0, 0.1) is 0 Å². The molecular weight excluding hydrogens is 318 g/mol. The zero-order valence-electron chi connectivity index (χ0n) is 14.6. The van der Waals surface area contributed by atoms with E-state index in [0.717, 1.165) is 29.0 Å². The average Bonchev–Trinajstić information content (AvgIpc) is 2.66. The molecule has 25 heavy (non-hydrogen) atoms. The molecule has 0 bridgehead atoms. The van der Waals surface area contributed by atoms with Crippen molar-refractivity contribution in [3.8, 4) is 11.5 Å². The molecule has 2 aromatic rings. The van der Waals surface area contributed by atoms with E-state index >= 15 is 0 Å². The van der Waals surface area contributed by atoms with Crippen LogP contribution in [0.5, 0.6) is 11.5 Å². The number of carbonyl (C=O) groups is 1. The molecule has 0 fully saturated rings. The lowest BCUT2D eigenvalue weighted by Gasteiger charge is -2.36. The fourth-order valence-electron chi connectivity index (χ4n) is 3.16. The summed E-state index contributed by atoms with van der Waals surface area (Å²) in [6.45, 7) is 1.17. The molecule has 1 aliphatic heterocycles. The Labute approximate surface area is 148 Å². The summed E-state index contributed by atoms with van der Waals surface area (Å²) in [5.74, 6) is 1.53. The molecule has 5 nitrogen and oxygen atoms in total. The first-order chi connectivity index (χ1) is 12.2. The highest BCUT2D eigenvalue weighted by atomic mass is 16.5. The SMILES string of the molecule is COCC(=O)N(Cc1ccccc1)C1CCOc2ccc(OC)cc21. The minimum absolute atomic E-state index is 0.0352. The van der Waals surface area contributed by atoms with Crippen molar-refractivity contribution in [2.75, 3.05) is 27.4 Å². The lowest BCUT2D eigenvalue weighted by molar-refractivity contribution is -0.139. The smallest absolute Gasteiger partial charge is 0.249 e. The number of fused-ring (bicyclic) bond motifs is 1. The summed E-state index contributed by atoms with van der Waals surface area (Å²) in [5.41, 5.74) is 2.06. The lowest BCUT2D eigenvalue weighted by atomic mass is 9.97. The van der Waals surface area contributed by atoms with E-state index in [9.17, 15) is 4.79 Å². The topological polar surface area (TPSA) is 48.0 Å². The van der Waals surface area contributed by atoms with Crippen LogP contribution in [0.4, 0.5) is 0 Å². The normalized spacial score (nSPS) is 15.8. The molecule has 5 heteroatoms. The average molecular weight is 341 g/mol. The maximum absolute atomic E-state index is 12.7. The molecule has 0 spiro atoms. The van der Waals surface area contributed by atoms with Gasteiger partial charge in [0.15, 0.2) is 0 Å². The maximum Gasteiger partial charge on any atom is 0.249 e. The molecule has 0 aromatic heterocycles. The highest BCUT2D eigenvalue weighted by Gasteiger charge is 2.30. The van der Waals surface area contributed by atoms with E-state index in [1.807, 2.05) is 53.4 Å². The van der Waals surface area contributed by atoms with E-state index in [-0.39, 0.29) is 18.6 Å². The Bertz CT molecular complexity index is 717. The van der Waals surface area contributed by atoms with Crippen LogP contribution in [0.25, 0.3) is 0 Å². The minimum Gasteiger partial charge on any atom is -0.497 e. The Hall–Kier alpha value is -2.53. The number of hydrogen-bond donors (Lipinski definition) is 0. The summed E-state index contributed by atoms with van der Waals surface area (Å²) in [7, 11) is 3.18. The molecule has 132 valence electrons. The summed E-state index contributed by atoms with van der Waals surface area (Å²) < 4.78 is 16.2. The van der Waals surface area contributed by atoms with Gasteiger partial charge in [-0.25, -0.2) is 0 Å². The number of ether oxygens (including phenoxy) is 3. The summed E-state index contributed by atoms with van der Waals surface area (Å²) in [4.78, 5) is 14.6. The van der Waals surface area contributed by atoms with Crippen molar-refractivity contribution in [2.45, 2.75) is 19.0 Å². The van der Waals surface area contributed by atoms with Crippen LogP contribution in [0.15, 0.2) is 48.5 Å². The quantitative estimate of drug-likeness (QED) is 0.810. The highest BCUT2D eigenvalue weighted by Crippen LogP contribution is 2.38. The van der Waals surface area contributed by atoms with Crippen LogP contribution < -0.4 is 9.47 Å². The largest absolute Gasteiger partial charge is 0.497 e. The number of methoxy groups -OCH3 is 2. The van der Waals surface area contributed by atoms with Crippen LogP contribution in [-0.4, -0.2) is 38.2 Å². The van der Waals surface area contributed by atoms with Crippen molar-refractivity contribution in [1.82, 2.24) is 4.90 Å². The first-order valence-electron chi connectivity index (χ1n) is 8.36. The molecule has 1 atom stereocenters. The molecule has 0 aliphatic carbocycles. The monoisotopic (exact) mass is 341 g/mol. The fourth-order valence-corrected chi connectivity index (χ4v) is 3.16. The second-order valence-electron chi connectivity index (χ2n) is 6.00. The van der Waals surface area contributed by atoms with E-state index < -0.39 is 0 Å². The third-order valence-corrected chi connectivity index (χ3v) is 4.38. The Morgan fingerprint density at radius 3 is 2.72 bits per heavy atom. The maximum atomic E-state index is 12.7. The third-order valence-electron chi connectivity index (χ3n) is 4.38. The third kappa shape index (κ3) is 3.94. The van der Waals surface area contributed by atoms with Gasteiger partial charge >= 0.3 is 0 Å². The zero-order chi connectivity index (χ0) is 17.6. The molecule has 0 radical (unpaired) electrons. The number of benzene rings is 2. The first-order valence-corrected chi connectivity index (χ1v) is 8.36. The van der Waals surface area contributed by atoms with E-state index in [1.54, 1.807) is 14.2 Å². The van der Waals surface area contributed by atoms with Crippen LogP contribution >= 0.6 is 0 Å². The number of amides is 1. The van der Waals surface area contributed by atoms with Crippen molar-refractivity contribution in [2.24, 2.45) is 0 Å². The van der Waals surface area contributed by atoms with Gasteiger partial charge in [0.1, 0.15) is 18.1 Å². The van der Waals surface area contributed by atoms with Crippen molar-refractivity contribution < 1.29 is 19.0 Å². The van der Waals surface area contributed by atoms with Crippen molar-refractivity contribution in [1.29, 1.82) is 0 Å². The van der Waals surface area contributed by atoms with E-state index in [0.29, 0.717) is 13.2 Å². The van der Waals surface area contributed by atoms with Crippen molar-refractivity contribution in [3.63, 3.8) is 0 Å². The number of rotatable bonds is 6. The van der Waals surface area contributed by atoms with Gasteiger partial charge in [0.25, 0.3) is 0 Å². The Morgan fingerprint density at radius 1 is 1.20 bits per heavy atom. The van der Waals surface area contributed by atoms with Gasteiger partial charge in [0.2, 0.25) is 5.91 Å². The van der Waals surface area contributed by atoms with Gasteiger partial charge in [-0.1, -0.05) is 30.3 Å². The summed E-state index contributed by atoms with van der Waals surface area (Å²) in [5, 5.41) is 0. The minimum atomic E-state index is -0.0679. The molecule has 1 heterocycles. The molecular formula is C20H23NO4. The van der Waals surface area contributed by atoms with Crippen LogP contribution in [0.1, 0.15) is 23.6 Å². The molecule has 0 saturated heterocycles. The highest BCUT2D eigenvalue weighted by molar-refractivity contribution is 5.78. The first kappa shape index (κ1) is 17.3. The van der Waals surface area contributed by atoms with Gasteiger partial charge < -0.3 is 19.1 Å². The molecule has 1 unspecified atom stereocenters. The van der Waals surface area contributed by atoms with E-state index in [4.69, 9.17) is 14.2 Å². The summed E-state index contributed by atoms with van der Waals surface area (Å²) in [6, 6.07) is 15.7. The standard InChI is InChI=1S/C20H23NO4/c1-23-14-20(22)21(13-15-6-4-3-5-7-15)18-10-11-25-19-9-8-16(24-2)12-17(18)19/h3-9,12,18H,10-11,13-14H2,1-2H3. The van der Waals surface area contributed by atoms with Gasteiger partial charge in [-0.15, -0.1) is 0 Å². The van der Waals surface area contributed by atoms with Gasteiger partial charge in [-0.2, -0.15) is 0 Å². The number of hydrogen-bond acceptors (Lipinski definition) is 4.